The van der Waals surface area contributed by atoms with Crippen LogP contribution in [-0.2, 0) is 14.3 Å². The fourth-order valence-electron chi connectivity index (χ4n) is 2.94. The lowest BCUT2D eigenvalue weighted by atomic mass is 10.2. The summed E-state index contributed by atoms with van der Waals surface area (Å²) < 4.78 is 16.7. The van der Waals surface area contributed by atoms with E-state index in [4.69, 9.17) is 25.8 Å². The summed E-state index contributed by atoms with van der Waals surface area (Å²) in [5.41, 5.74) is 0.318. The SMILES string of the molecule is C[C@@H]1CN(C(=O)C(=O)Nc2cc3c(cc2Cl)OCCCO3)C[C@@H](C)O1. The van der Waals surface area contributed by atoms with E-state index >= 15 is 0 Å². The average molecular weight is 369 g/mol. The fraction of sp³-hybridized carbons (Fsp3) is 0.529. The van der Waals surface area contributed by atoms with Gasteiger partial charge in [0.05, 0.1) is 36.1 Å². The highest BCUT2D eigenvalue weighted by atomic mass is 35.5. The van der Waals surface area contributed by atoms with E-state index in [1.807, 2.05) is 13.8 Å². The van der Waals surface area contributed by atoms with Gasteiger partial charge in [-0.1, -0.05) is 11.6 Å². The Kier molecular flexibility index (Phi) is 5.34. The molecular formula is C17H21ClN2O5. The maximum absolute atomic E-state index is 12.4. The van der Waals surface area contributed by atoms with E-state index in [1.165, 1.54) is 4.90 Å². The molecule has 2 aliphatic heterocycles. The third-order valence-electron chi connectivity index (χ3n) is 3.99. The van der Waals surface area contributed by atoms with Crippen LogP contribution in [0.25, 0.3) is 0 Å². The zero-order valence-corrected chi connectivity index (χ0v) is 15.0. The lowest BCUT2D eigenvalue weighted by Gasteiger charge is -2.34. The van der Waals surface area contributed by atoms with E-state index in [0.717, 1.165) is 6.42 Å². The summed E-state index contributed by atoms with van der Waals surface area (Å²) in [7, 11) is 0. The van der Waals surface area contributed by atoms with Crippen molar-refractivity contribution in [2.24, 2.45) is 0 Å². The molecule has 0 bridgehead atoms. The molecule has 0 saturated carbocycles. The third-order valence-corrected chi connectivity index (χ3v) is 4.30. The maximum Gasteiger partial charge on any atom is 0.313 e. The van der Waals surface area contributed by atoms with Crippen molar-refractivity contribution in [3.05, 3.63) is 17.2 Å². The molecule has 2 amide bonds. The first-order chi connectivity index (χ1) is 11.9. The summed E-state index contributed by atoms with van der Waals surface area (Å²) >= 11 is 6.20. The number of halogens is 1. The van der Waals surface area contributed by atoms with Crippen molar-refractivity contribution in [2.45, 2.75) is 32.5 Å². The van der Waals surface area contributed by atoms with Gasteiger partial charge in [-0.3, -0.25) is 9.59 Å². The van der Waals surface area contributed by atoms with Crippen molar-refractivity contribution in [3.8, 4) is 11.5 Å². The molecule has 3 rings (SSSR count). The quantitative estimate of drug-likeness (QED) is 0.768. The van der Waals surface area contributed by atoms with Crippen LogP contribution in [-0.4, -0.2) is 55.2 Å². The van der Waals surface area contributed by atoms with Gasteiger partial charge in [-0.15, -0.1) is 0 Å². The van der Waals surface area contributed by atoms with Crippen LogP contribution in [0.1, 0.15) is 20.3 Å². The number of hydrogen-bond donors (Lipinski definition) is 1. The van der Waals surface area contributed by atoms with Gasteiger partial charge in [0.25, 0.3) is 0 Å². The predicted octanol–water partition coefficient (Wildman–Crippen LogP) is 2.08. The van der Waals surface area contributed by atoms with Gasteiger partial charge in [-0.2, -0.15) is 0 Å². The van der Waals surface area contributed by atoms with Gasteiger partial charge in [0.1, 0.15) is 0 Å². The molecule has 2 aliphatic rings. The topological polar surface area (TPSA) is 77.1 Å². The van der Waals surface area contributed by atoms with Gasteiger partial charge in [-0.25, -0.2) is 0 Å². The van der Waals surface area contributed by atoms with Crippen molar-refractivity contribution in [3.63, 3.8) is 0 Å². The standard InChI is InChI=1S/C17H21ClN2O5/c1-10-8-20(9-11(2)25-10)17(22)16(21)19-13-7-15-14(6-12(13)18)23-4-3-5-24-15/h6-7,10-11H,3-5,8-9H2,1-2H3,(H,19,21)/t10-,11-/m1/s1. The molecule has 25 heavy (non-hydrogen) atoms. The molecule has 1 saturated heterocycles. The second-order valence-electron chi connectivity index (χ2n) is 6.25. The van der Waals surface area contributed by atoms with Crippen molar-refractivity contribution >= 4 is 29.1 Å². The van der Waals surface area contributed by atoms with Gasteiger partial charge >= 0.3 is 11.8 Å². The molecule has 0 spiro atoms. The van der Waals surface area contributed by atoms with Crippen LogP contribution in [0.15, 0.2) is 12.1 Å². The summed E-state index contributed by atoms with van der Waals surface area (Å²) in [6.07, 6.45) is 0.545. The molecule has 7 nitrogen and oxygen atoms in total. The Labute approximate surface area is 151 Å². The molecule has 1 aromatic carbocycles. The molecule has 0 unspecified atom stereocenters. The number of carbonyl (C=O) groups is 2. The molecular weight excluding hydrogens is 348 g/mol. The Morgan fingerprint density at radius 1 is 1.12 bits per heavy atom. The summed E-state index contributed by atoms with van der Waals surface area (Å²) in [4.78, 5) is 26.2. The summed E-state index contributed by atoms with van der Waals surface area (Å²) in [5.74, 6) is -0.316. The minimum Gasteiger partial charge on any atom is -0.490 e. The second-order valence-corrected chi connectivity index (χ2v) is 6.66. The number of fused-ring (bicyclic) bond motifs is 1. The Morgan fingerprint density at radius 3 is 2.36 bits per heavy atom. The first-order valence-electron chi connectivity index (χ1n) is 8.29. The van der Waals surface area contributed by atoms with Crippen LogP contribution < -0.4 is 14.8 Å². The molecule has 1 fully saturated rings. The number of nitrogens with zero attached hydrogens (tertiary/aromatic N) is 1. The molecule has 1 aromatic rings. The minimum atomic E-state index is -0.738. The summed E-state index contributed by atoms with van der Waals surface area (Å²) in [6.45, 7) is 5.56. The average Bonchev–Trinajstić information content (AvgIpc) is 2.78. The van der Waals surface area contributed by atoms with Gasteiger partial charge in [0.15, 0.2) is 11.5 Å². The zero-order valence-electron chi connectivity index (χ0n) is 14.2. The number of anilines is 1. The van der Waals surface area contributed by atoms with Crippen LogP contribution in [0.4, 0.5) is 5.69 Å². The van der Waals surface area contributed by atoms with Crippen LogP contribution in [0.5, 0.6) is 11.5 Å². The van der Waals surface area contributed by atoms with E-state index in [-0.39, 0.29) is 17.2 Å². The molecule has 0 aromatic heterocycles. The van der Waals surface area contributed by atoms with Gasteiger partial charge in [0.2, 0.25) is 0 Å². The van der Waals surface area contributed by atoms with Crippen molar-refractivity contribution in [1.82, 2.24) is 4.90 Å². The Hall–Kier alpha value is -1.99. The zero-order chi connectivity index (χ0) is 18.0. The second kappa shape index (κ2) is 7.49. The number of morpholine rings is 1. The van der Waals surface area contributed by atoms with E-state index < -0.39 is 11.8 Å². The number of amides is 2. The normalized spacial score (nSPS) is 22.9. The van der Waals surface area contributed by atoms with Gasteiger partial charge < -0.3 is 24.4 Å². The number of rotatable bonds is 1. The van der Waals surface area contributed by atoms with Crippen molar-refractivity contribution in [1.29, 1.82) is 0 Å². The monoisotopic (exact) mass is 368 g/mol. The van der Waals surface area contributed by atoms with Crippen molar-refractivity contribution in [2.75, 3.05) is 31.6 Å². The highest BCUT2D eigenvalue weighted by Crippen LogP contribution is 2.37. The summed E-state index contributed by atoms with van der Waals surface area (Å²) in [5, 5.41) is 2.86. The number of nitrogens with one attached hydrogen (secondary N) is 1. The molecule has 136 valence electrons. The Bertz CT molecular complexity index is 671. The van der Waals surface area contributed by atoms with Crippen LogP contribution in [0.2, 0.25) is 5.02 Å². The number of carbonyl (C=O) groups excluding carboxylic acids is 2. The molecule has 2 heterocycles. The number of hydrogen-bond acceptors (Lipinski definition) is 5. The van der Waals surface area contributed by atoms with E-state index in [9.17, 15) is 9.59 Å². The van der Waals surface area contributed by atoms with Crippen molar-refractivity contribution < 1.29 is 23.8 Å². The van der Waals surface area contributed by atoms with Crippen LogP contribution in [0, 0.1) is 0 Å². The predicted molar refractivity (Wildman–Crippen MR) is 92.3 cm³/mol. The third kappa shape index (κ3) is 4.16. The lowest BCUT2D eigenvalue weighted by Crippen LogP contribution is -2.51. The Balaban J connectivity index is 1.72. The molecule has 2 atom stereocenters. The smallest absolute Gasteiger partial charge is 0.313 e. The minimum absolute atomic E-state index is 0.109. The number of benzene rings is 1. The van der Waals surface area contributed by atoms with Crippen LogP contribution >= 0.6 is 11.6 Å². The maximum atomic E-state index is 12.4. The lowest BCUT2D eigenvalue weighted by molar-refractivity contribution is -0.151. The first kappa shape index (κ1) is 17.8. The van der Waals surface area contributed by atoms with E-state index in [2.05, 4.69) is 5.32 Å². The highest BCUT2D eigenvalue weighted by molar-refractivity contribution is 6.41. The molecule has 0 aliphatic carbocycles. The van der Waals surface area contributed by atoms with Crippen LogP contribution in [0.3, 0.4) is 0 Å². The molecule has 1 N–H and O–H groups in total. The fourth-order valence-corrected chi connectivity index (χ4v) is 3.14. The largest absolute Gasteiger partial charge is 0.490 e. The van der Waals surface area contributed by atoms with E-state index in [0.29, 0.717) is 43.5 Å². The highest BCUT2D eigenvalue weighted by Gasteiger charge is 2.30. The number of ether oxygens (including phenoxy) is 3. The van der Waals surface area contributed by atoms with E-state index in [1.54, 1.807) is 12.1 Å². The van der Waals surface area contributed by atoms with Gasteiger partial charge in [-0.05, 0) is 13.8 Å². The molecule has 8 heteroatoms. The summed E-state index contributed by atoms with van der Waals surface area (Å²) in [6, 6.07) is 3.17. The first-order valence-corrected chi connectivity index (χ1v) is 8.66. The Morgan fingerprint density at radius 2 is 1.72 bits per heavy atom. The van der Waals surface area contributed by atoms with Gasteiger partial charge in [0, 0.05) is 31.6 Å². The molecule has 0 radical (unpaired) electrons.